The number of nitrogens with one attached hydrogen (secondary N) is 3. The molecule has 9 heteroatoms. The van der Waals surface area contributed by atoms with E-state index in [1.807, 2.05) is 48.5 Å². The van der Waals surface area contributed by atoms with Crippen LogP contribution in [0, 0.1) is 6.92 Å². The van der Waals surface area contributed by atoms with Gasteiger partial charge in [-0.25, -0.2) is 4.68 Å². The van der Waals surface area contributed by atoms with Crippen LogP contribution in [0.1, 0.15) is 21.6 Å². The summed E-state index contributed by atoms with van der Waals surface area (Å²) >= 11 is 0. The van der Waals surface area contributed by atoms with Gasteiger partial charge in [0, 0.05) is 24.8 Å². The summed E-state index contributed by atoms with van der Waals surface area (Å²) in [7, 11) is 1.74. The molecule has 0 aliphatic heterocycles. The van der Waals surface area contributed by atoms with Crippen LogP contribution in [-0.4, -0.2) is 27.1 Å². The molecular formula is C27H25N5O4. The number of hydrogen-bond donors (Lipinski definition) is 3. The van der Waals surface area contributed by atoms with E-state index in [1.165, 1.54) is 28.9 Å². The number of carbonyl (C=O) groups excluding carboxylic acids is 3. The molecule has 0 aliphatic rings. The van der Waals surface area contributed by atoms with E-state index in [0.29, 0.717) is 17.1 Å². The zero-order valence-corrected chi connectivity index (χ0v) is 19.8. The molecule has 0 saturated carbocycles. The fourth-order valence-electron chi connectivity index (χ4n) is 3.65. The molecular weight excluding hydrogens is 458 g/mol. The van der Waals surface area contributed by atoms with Crippen molar-refractivity contribution < 1.29 is 14.4 Å². The molecule has 0 fully saturated rings. The fourth-order valence-corrected chi connectivity index (χ4v) is 3.65. The maximum absolute atomic E-state index is 13.0. The van der Waals surface area contributed by atoms with Crippen LogP contribution >= 0.6 is 0 Å². The first-order valence-corrected chi connectivity index (χ1v) is 11.2. The van der Waals surface area contributed by atoms with E-state index in [4.69, 9.17) is 0 Å². The highest BCUT2D eigenvalue weighted by Crippen LogP contribution is 2.16. The second kappa shape index (κ2) is 10.6. The molecule has 4 rings (SSSR count). The van der Waals surface area contributed by atoms with E-state index < -0.39 is 17.7 Å². The molecule has 0 radical (unpaired) electrons. The predicted octanol–water partition coefficient (Wildman–Crippen LogP) is 2.99. The number of benzene rings is 3. The van der Waals surface area contributed by atoms with Gasteiger partial charge in [0.25, 0.3) is 11.5 Å². The van der Waals surface area contributed by atoms with Crippen molar-refractivity contribution in [2.75, 3.05) is 10.6 Å². The van der Waals surface area contributed by atoms with Crippen LogP contribution < -0.4 is 21.5 Å². The number of nitrogens with zero attached hydrogens (tertiary/aromatic N) is 2. The monoisotopic (exact) mass is 483 g/mol. The van der Waals surface area contributed by atoms with Gasteiger partial charge in [0.05, 0.1) is 11.4 Å². The summed E-state index contributed by atoms with van der Waals surface area (Å²) in [6, 6.07) is 24.4. The molecule has 0 atom stereocenters. The lowest BCUT2D eigenvalue weighted by atomic mass is 10.2. The molecule has 1 aromatic heterocycles. The minimum Gasteiger partial charge on any atom is -0.344 e. The Labute approximate surface area is 207 Å². The number of amides is 3. The van der Waals surface area contributed by atoms with Crippen molar-refractivity contribution in [3.05, 3.63) is 112 Å². The van der Waals surface area contributed by atoms with E-state index in [1.54, 1.807) is 30.8 Å². The third kappa shape index (κ3) is 5.25. The van der Waals surface area contributed by atoms with Crippen LogP contribution in [0.3, 0.4) is 0 Å². The third-order valence-electron chi connectivity index (χ3n) is 5.70. The van der Waals surface area contributed by atoms with Crippen molar-refractivity contribution in [1.82, 2.24) is 14.7 Å². The predicted molar refractivity (Wildman–Crippen MR) is 137 cm³/mol. The molecule has 3 aromatic carbocycles. The zero-order chi connectivity index (χ0) is 25.7. The maximum Gasteiger partial charge on any atom is 0.313 e. The first kappa shape index (κ1) is 24.2. The van der Waals surface area contributed by atoms with Gasteiger partial charge in [-0.2, -0.15) is 0 Å². The quantitative estimate of drug-likeness (QED) is 0.366. The lowest BCUT2D eigenvalue weighted by molar-refractivity contribution is -0.136. The van der Waals surface area contributed by atoms with E-state index in [-0.39, 0.29) is 23.4 Å². The van der Waals surface area contributed by atoms with Crippen LogP contribution in [0.2, 0.25) is 0 Å². The lowest BCUT2D eigenvalue weighted by Gasteiger charge is -2.08. The summed E-state index contributed by atoms with van der Waals surface area (Å²) < 4.78 is 3.15. The molecule has 0 aliphatic carbocycles. The Kier molecular flexibility index (Phi) is 7.10. The highest BCUT2D eigenvalue weighted by atomic mass is 16.2. The number of rotatable bonds is 6. The molecule has 9 nitrogen and oxygen atoms in total. The van der Waals surface area contributed by atoms with Crippen molar-refractivity contribution in [2.45, 2.75) is 13.5 Å². The molecule has 182 valence electrons. The van der Waals surface area contributed by atoms with Crippen molar-refractivity contribution in [1.29, 1.82) is 0 Å². The summed E-state index contributed by atoms with van der Waals surface area (Å²) in [5.74, 6) is -2.06. The van der Waals surface area contributed by atoms with Gasteiger partial charge >= 0.3 is 11.8 Å². The van der Waals surface area contributed by atoms with Gasteiger partial charge in [0.1, 0.15) is 5.69 Å². The Morgan fingerprint density at radius 2 is 1.39 bits per heavy atom. The summed E-state index contributed by atoms with van der Waals surface area (Å²) in [6.45, 7) is 1.98. The first-order valence-electron chi connectivity index (χ1n) is 11.2. The van der Waals surface area contributed by atoms with Crippen molar-refractivity contribution in [2.24, 2.45) is 7.05 Å². The second-order valence-electron chi connectivity index (χ2n) is 8.09. The number of anilines is 2. The van der Waals surface area contributed by atoms with E-state index in [0.717, 1.165) is 5.56 Å². The molecule has 36 heavy (non-hydrogen) atoms. The largest absolute Gasteiger partial charge is 0.344 e. The first-order chi connectivity index (χ1) is 17.3. The van der Waals surface area contributed by atoms with Crippen molar-refractivity contribution >= 4 is 29.1 Å². The number of aromatic nitrogens is 2. The average molecular weight is 484 g/mol. The highest BCUT2D eigenvalue weighted by Gasteiger charge is 2.19. The van der Waals surface area contributed by atoms with Gasteiger partial charge in [-0.05, 0) is 48.9 Å². The lowest BCUT2D eigenvalue weighted by Crippen LogP contribution is -2.34. The Bertz CT molecular complexity index is 1460. The van der Waals surface area contributed by atoms with Gasteiger partial charge in [0.2, 0.25) is 0 Å². The molecule has 0 saturated heterocycles. The van der Waals surface area contributed by atoms with Crippen LogP contribution in [0.4, 0.5) is 11.4 Å². The topological polar surface area (TPSA) is 114 Å². The molecule has 0 unspecified atom stereocenters. The fraction of sp³-hybridized carbons (Fsp3) is 0.111. The number of carbonyl (C=O) groups is 3. The van der Waals surface area contributed by atoms with Crippen LogP contribution in [0.25, 0.3) is 5.69 Å². The molecule has 0 bridgehead atoms. The maximum atomic E-state index is 13.0. The molecule has 4 aromatic rings. The van der Waals surface area contributed by atoms with E-state index in [2.05, 4.69) is 16.0 Å². The number of hydrogen-bond acceptors (Lipinski definition) is 4. The summed E-state index contributed by atoms with van der Waals surface area (Å²) in [6.07, 6.45) is 0. The third-order valence-corrected chi connectivity index (χ3v) is 5.70. The second-order valence-corrected chi connectivity index (χ2v) is 8.09. The summed E-state index contributed by atoms with van der Waals surface area (Å²) in [5.41, 5.74) is 2.63. The number of para-hydroxylation sites is 1. The normalized spacial score (nSPS) is 10.5. The van der Waals surface area contributed by atoms with Crippen LogP contribution in [0.15, 0.2) is 89.7 Å². The minimum absolute atomic E-state index is 0.179. The van der Waals surface area contributed by atoms with Crippen molar-refractivity contribution in [3.8, 4) is 5.69 Å². The summed E-state index contributed by atoms with van der Waals surface area (Å²) in [4.78, 5) is 50.1. The molecule has 3 N–H and O–H groups in total. The minimum atomic E-state index is -0.815. The van der Waals surface area contributed by atoms with Gasteiger partial charge in [-0.3, -0.25) is 23.9 Å². The molecule has 3 amide bonds. The van der Waals surface area contributed by atoms with Gasteiger partial charge < -0.3 is 16.0 Å². The van der Waals surface area contributed by atoms with Gasteiger partial charge in [0.15, 0.2) is 0 Å². The Morgan fingerprint density at radius 3 is 2.03 bits per heavy atom. The van der Waals surface area contributed by atoms with E-state index in [9.17, 15) is 19.2 Å². The Morgan fingerprint density at radius 1 is 0.778 bits per heavy atom. The molecule has 0 spiro atoms. The van der Waals surface area contributed by atoms with Crippen molar-refractivity contribution in [3.63, 3.8) is 0 Å². The zero-order valence-electron chi connectivity index (χ0n) is 19.8. The van der Waals surface area contributed by atoms with Crippen LogP contribution in [0.5, 0.6) is 0 Å². The SMILES string of the molecule is Cc1c(NC(=O)c2ccc(NC(=O)C(=O)NCc3ccccc3)cc2)c(=O)n(-c2ccccc2)n1C. The Hall–Kier alpha value is -4.92. The van der Waals surface area contributed by atoms with Crippen LogP contribution in [-0.2, 0) is 23.2 Å². The summed E-state index contributed by atoms with van der Waals surface area (Å²) in [5, 5.41) is 7.75. The van der Waals surface area contributed by atoms with Gasteiger partial charge in [-0.15, -0.1) is 0 Å². The van der Waals surface area contributed by atoms with E-state index >= 15 is 0 Å². The standard InChI is InChI=1S/C27H25N5O4/c1-18-23(27(36)32(31(18)2)22-11-7-4-8-12-22)30-24(33)20-13-15-21(16-14-20)29-26(35)25(34)28-17-19-9-5-3-6-10-19/h3-16H,17H2,1-2H3,(H,28,34)(H,29,35)(H,30,33). The smallest absolute Gasteiger partial charge is 0.313 e. The Balaban J connectivity index is 1.40. The highest BCUT2D eigenvalue weighted by molar-refractivity contribution is 6.39. The van der Waals surface area contributed by atoms with Gasteiger partial charge in [-0.1, -0.05) is 48.5 Å². The molecule has 1 heterocycles. The average Bonchev–Trinajstić information content (AvgIpc) is 3.11.